The Morgan fingerprint density at radius 1 is 1.30 bits per heavy atom. The van der Waals surface area contributed by atoms with Crippen LogP contribution in [0.5, 0.6) is 0 Å². The Kier molecular flexibility index (Phi) is 3.26. The van der Waals surface area contributed by atoms with Gasteiger partial charge in [0.2, 0.25) is 0 Å². The van der Waals surface area contributed by atoms with E-state index in [0.29, 0.717) is 5.76 Å². The molecule has 4 nitrogen and oxygen atoms in total. The molecule has 0 radical (unpaired) electrons. The van der Waals surface area contributed by atoms with Gasteiger partial charge in [0, 0.05) is 11.5 Å². The first kappa shape index (κ1) is 12.8. The summed E-state index contributed by atoms with van der Waals surface area (Å²) in [6, 6.07) is 5.99. The van der Waals surface area contributed by atoms with Gasteiger partial charge in [-0.3, -0.25) is 0 Å². The summed E-state index contributed by atoms with van der Waals surface area (Å²) >= 11 is 0. The fourth-order valence-corrected chi connectivity index (χ4v) is 2.81. The Morgan fingerprint density at radius 2 is 2.00 bits per heavy atom. The maximum absolute atomic E-state index is 13.8. The Bertz CT molecular complexity index is 644. The van der Waals surface area contributed by atoms with E-state index in [-0.39, 0.29) is 22.7 Å². The van der Waals surface area contributed by atoms with E-state index in [4.69, 9.17) is 4.52 Å². The zero-order valence-electron chi connectivity index (χ0n) is 10.8. The number of hydrogen-bond acceptors (Lipinski definition) is 3. The van der Waals surface area contributed by atoms with Crippen LogP contribution in [0, 0.1) is 5.82 Å². The van der Waals surface area contributed by atoms with Gasteiger partial charge in [-0.1, -0.05) is 30.1 Å². The zero-order chi connectivity index (χ0) is 14.1. The first-order valence-electron chi connectivity index (χ1n) is 6.66. The molecular formula is C15H14FNO3. The number of halogens is 1. The second-order valence-corrected chi connectivity index (χ2v) is 5.04. The largest absolute Gasteiger partial charge is 0.477 e. The maximum Gasteiger partial charge on any atom is 0.341 e. The first-order valence-corrected chi connectivity index (χ1v) is 6.66. The first-order chi connectivity index (χ1) is 9.68. The standard InChI is InChI=1S/C15H14FNO3/c16-11-8-4-3-7-10(11)13-12(15(18)19)14(20-17-13)9-5-1-2-6-9/h3-4,7-9H,1-2,5-6H2,(H,18,19). The SMILES string of the molecule is O=C(O)c1c(-c2ccccc2F)noc1C1CCCC1. The van der Waals surface area contributed by atoms with Crippen LogP contribution in [0.1, 0.15) is 47.7 Å². The molecule has 3 rings (SSSR count). The maximum atomic E-state index is 13.8. The molecule has 1 heterocycles. The van der Waals surface area contributed by atoms with Crippen LogP contribution in [-0.2, 0) is 0 Å². The molecule has 0 saturated heterocycles. The van der Waals surface area contributed by atoms with Gasteiger partial charge in [-0.2, -0.15) is 0 Å². The third-order valence-electron chi connectivity index (χ3n) is 3.79. The van der Waals surface area contributed by atoms with Crippen molar-refractivity contribution in [3.8, 4) is 11.3 Å². The summed E-state index contributed by atoms with van der Waals surface area (Å²) in [4.78, 5) is 11.5. The highest BCUT2D eigenvalue weighted by molar-refractivity contribution is 5.96. The van der Waals surface area contributed by atoms with E-state index in [9.17, 15) is 14.3 Å². The summed E-state index contributed by atoms with van der Waals surface area (Å²) in [5.74, 6) is -1.16. The Labute approximate surface area is 115 Å². The van der Waals surface area contributed by atoms with E-state index in [0.717, 1.165) is 25.7 Å². The van der Waals surface area contributed by atoms with Crippen molar-refractivity contribution in [2.75, 3.05) is 0 Å². The predicted molar refractivity (Wildman–Crippen MR) is 70.1 cm³/mol. The second kappa shape index (κ2) is 5.07. The van der Waals surface area contributed by atoms with Crippen LogP contribution in [0.4, 0.5) is 4.39 Å². The van der Waals surface area contributed by atoms with Gasteiger partial charge in [-0.15, -0.1) is 0 Å². The van der Waals surface area contributed by atoms with E-state index in [1.807, 2.05) is 0 Å². The molecular weight excluding hydrogens is 261 g/mol. The van der Waals surface area contributed by atoms with E-state index in [2.05, 4.69) is 5.16 Å². The second-order valence-electron chi connectivity index (χ2n) is 5.04. The van der Waals surface area contributed by atoms with Crippen molar-refractivity contribution in [1.82, 2.24) is 5.16 Å². The zero-order valence-corrected chi connectivity index (χ0v) is 10.8. The highest BCUT2D eigenvalue weighted by atomic mass is 19.1. The quantitative estimate of drug-likeness (QED) is 0.924. The normalized spacial score (nSPS) is 15.7. The van der Waals surface area contributed by atoms with Gasteiger partial charge >= 0.3 is 5.97 Å². The molecule has 1 N–H and O–H groups in total. The van der Waals surface area contributed by atoms with E-state index in [1.165, 1.54) is 12.1 Å². The number of aromatic nitrogens is 1. The van der Waals surface area contributed by atoms with Gasteiger partial charge in [0.1, 0.15) is 17.1 Å². The predicted octanol–water partition coefficient (Wildman–Crippen LogP) is 3.84. The molecule has 5 heteroatoms. The van der Waals surface area contributed by atoms with Crippen LogP contribution < -0.4 is 0 Å². The minimum absolute atomic E-state index is 0.00185. The summed E-state index contributed by atoms with van der Waals surface area (Å²) in [7, 11) is 0. The van der Waals surface area contributed by atoms with Crippen molar-refractivity contribution in [2.45, 2.75) is 31.6 Å². The van der Waals surface area contributed by atoms with Crippen molar-refractivity contribution in [1.29, 1.82) is 0 Å². The van der Waals surface area contributed by atoms with Gasteiger partial charge in [0.05, 0.1) is 0 Å². The average Bonchev–Trinajstić information content (AvgIpc) is 3.07. The van der Waals surface area contributed by atoms with Crippen LogP contribution in [0.2, 0.25) is 0 Å². The number of aromatic carboxylic acids is 1. The number of carboxylic acids is 1. The number of benzene rings is 1. The summed E-state index contributed by atoms with van der Waals surface area (Å²) in [6.45, 7) is 0. The smallest absolute Gasteiger partial charge is 0.341 e. The van der Waals surface area contributed by atoms with Crippen molar-refractivity contribution < 1.29 is 18.8 Å². The molecule has 0 aliphatic heterocycles. The third kappa shape index (κ3) is 2.09. The minimum Gasteiger partial charge on any atom is -0.477 e. The molecule has 104 valence electrons. The molecule has 0 unspecified atom stereocenters. The molecule has 0 bridgehead atoms. The van der Waals surface area contributed by atoms with Gasteiger partial charge in [0.15, 0.2) is 5.76 Å². The third-order valence-corrected chi connectivity index (χ3v) is 3.79. The minimum atomic E-state index is -1.12. The van der Waals surface area contributed by atoms with Gasteiger partial charge in [-0.05, 0) is 25.0 Å². The average molecular weight is 275 g/mol. The monoisotopic (exact) mass is 275 g/mol. The van der Waals surface area contributed by atoms with E-state index < -0.39 is 11.8 Å². The van der Waals surface area contributed by atoms with Crippen LogP contribution in [0.15, 0.2) is 28.8 Å². The molecule has 1 fully saturated rings. The summed E-state index contributed by atoms with van der Waals surface area (Å²) in [5, 5.41) is 13.2. The van der Waals surface area contributed by atoms with Crippen LogP contribution in [-0.4, -0.2) is 16.2 Å². The topological polar surface area (TPSA) is 63.3 Å². The molecule has 1 aliphatic rings. The molecule has 0 amide bonds. The summed E-state index contributed by atoms with van der Waals surface area (Å²) < 4.78 is 19.1. The molecule has 2 aromatic rings. The Morgan fingerprint density at radius 3 is 2.65 bits per heavy atom. The van der Waals surface area contributed by atoms with Crippen LogP contribution in [0.25, 0.3) is 11.3 Å². The van der Waals surface area contributed by atoms with E-state index in [1.54, 1.807) is 12.1 Å². The Balaban J connectivity index is 2.12. The highest BCUT2D eigenvalue weighted by Gasteiger charge is 2.31. The number of nitrogens with zero attached hydrogens (tertiary/aromatic N) is 1. The number of rotatable bonds is 3. The lowest BCUT2D eigenvalue weighted by molar-refractivity contribution is 0.0694. The van der Waals surface area contributed by atoms with Crippen molar-refractivity contribution in [3.05, 3.63) is 41.4 Å². The molecule has 20 heavy (non-hydrogen) atoms. The lowest BCUT2D eigenvalue weighted by Gasteiger charge is -2.05. The number of hydrogen-bond donors (Lipinski definition) is 1. The van der Waals surface area contributed by atoms with Crippen LogP contribution in [0.3, 0.4) is 0 Å². The van der Waals surface area contributed by atoms with Gasteiger partial charge in [0.25, 0.3) is 0 Å². The molecule has 1 saturated carbocycles. The summed E-state index contributed by atoms with van der Waals surface area (Å²) in [6.07, 6.45) is 3.90. The van der Waals surface area contributed by atoms with Gasteiger partial charge < -0.3 is 9.63 Å². The molecule has 1 aromatic carbocycles. The van der Waals surface area contributed by atoms with Crippen LogP contribution >= 0.6 is 0 Å². The van der Waals surface area contributed by atoms with Crippen molar-refractivity contribution >= 4 is 5.97 Å². The molecule has 1 aromatic heterocycles. The fourth-order valence-electron chi connectivity index (χ4n) is 2.81. The van der Waals surface area contributed by atoms with Gasteiger partial charge in [-0.25, -0.2) is 9.18 Å². The lowest BCUT2D eigenvalue weighted by atomic mass is 9.97. The lowest BCUT2D eigenvalue weighted by Crippen LogP contribution is -2.04. The Hall–Kier alpha value is -2.17. The number of carbonyl (C=O) groups is 1. The van der Waals surface area contributed by atoms with Crippen molar-refractivity contribution in [2.24, 2.45) is 0 Å². The summed E-state index contributed by atoms with van der Waals surface area (Å²) in [5.41, 5.74) is 0.248. The molecule has 0 spiro atoms. The molecule has 1 aliphatic carbocycles. The molecule has 0 atom stereocenters. The highest BCUT2D eigenvalue weighted by Crippen LogP contribution is 2.39. The fraction of sp³-hybridized carbons (Fsp3) is 0.333. The number of carboxylic acid groups (broad SMARTS) is 1. The van der Waals surface area contributed by atoms with E-state index >= 15 is 0 Å². The van der Waals surface area contributed by atoms with Crippen molar-refractivity contribution in [3.63, 3.8) is 0 Å².